The third kappa shape index (κ3) is 20.2. The lowest BCUT2D eigenvalue weighted by Gasteiger charge is -2.11. The molecule has 1 N–H and O–H groups in total. The van der Waals surface area contributed by atoms with Gasteiger partial charge in [0.25, 0.3) is 0 Å². The van der Waals surface area contributed by atoms with Crippen molar-refractivity contribution in [3.63, 3.8) is 0 Å². The fraction of sp³-hybridized carbons (Fsp3) is 1.00. The Morgan fingerprint density at radius 3 is 1.26 bits per heavy atom. The van der Waals surface area contributed by atoms with E-state index in [0.717, 1.165) is 13.0 Å². The van der Waals surface area contributed by atoms with Crippen molar-refractivity contribution in [3.8, 4) is 0 Å². The third-order valence-corrected chi connectivity index (χ3v) is 4.93. The van der Waals surface area contributed by atoms with E-state index in [1.54, 1.807) is 4.42 Å². The zero-order valence-electron chi connectivity index (χ0n) is 15.7. The molecule has 0 radical (unpaired) electrons. The quantitative estimate of drug-likeness (QED) is 0.207. The van der Waals surface area contributed by atoms with Crippen LogP contribution in [0.4, 0.5) is 0 Å². The summed E-state index contributed by atoms with van der Waals surface area (Å²) in [6.45, 7) is 3.93. The number of rotatable bonds is 19. The summed E-state index contributed by atoms with van der Waals surface area (Å²) in [6, 6.07) is 0. The van der Waals surface area contributed by atoms with E-state index in [2.05, 4.69) is 6.92 Å². The molecule has 23 heavy (non-hydrogen) atoms. The van der Waals surface area contributed by atoms with Gasteiger partial charge in [-0.15, -0.1) is 0 Å². The van der Waals surface area contributed by atoms with Crippen LogP contribution in [0.25, 0.3) is 0 Å². The number of hydrogen-bond donors (Lipinski definition) is 1. The van der Waals surface area contributed by atoms with Gasteiger partial charge in [0, 0.05) is 13.1 Å². The smallest absolute Gasteiger partial charge is 0.0571 e. The first kappa shape index (κ1) is 23.2. The van der Waals surface area contributed by atoms with Crippen molar-refractivity contribution >= 4 is 11.8 Å². The molecule has 0 atom stereocenters. The second kappa shape index (κ2) is 20.3. The van der Waals surface area contributed by atoms with Crippen LogP contribution >= 0.6 is 11.8 Å². The van der Waals surface area contributed by atoms with E-state index in [1.165, 1.54) is 96.3 Å². The summed E-state index contributed by atoms with van der Waals surface area (Å²) >= 11 is 5.92. The molecule has 140 valence electrons. The highest BCUT2D eigenvalue weighted by Gasteiger charge is 1.99. The zero-order chi connectivity index (χ0) is 17.0. The molecule has 0 unspecified atom stereocenters. The van der Waals surface area contributed by atoms with Gasteiger partial charge in [-0.05, 0) is 18.2 Å². The standard InChI is InChI=1S/C20H42ClNO/c1-2-3-4-5-6-7-8-9-10-11-12-13-14-15-16-17-18-22(21)19-20-23/h23H,2-20H2,1H3. The minimum absolute atomic E-state index is 0.155. The molecule has 0 aromatic rings. The van der Waals surface area contributed by atoms with Gasteiger partial charge in [0.15, 0.2) is 0 Å². The van der Waals surface area contributed by atoms with E-state index in [4.69, 9.17) is 16.9 Å². The summed E-state index contributed by atoms with van der Waals surface area (Å²) in [7, 11) is 0. The van der Waals surface area contributed by atoms with Crippen LogP contribution in [-0.4, -0.2) is 29.2 Å². The predicted molar refractivity (Wildman–Crippen MR) is 104 cm³/mol. The summed E-state index contributed by atoms with van der Waals surface area (Å²) in [5, 5.41) is 8.75. The van der Waals surface area contributed by atoms with Crippen molar-refractivity contribution in [2.24, 2.45) is 0 Å². The van der Waals surface area contributed by atoms with E-state index >= 15 is 0 Å². The van der Waals surface area contributed by atoms with Crippen LogP contribution in [0.1, 0.15) is 110 Å². The number of aliphatic hydroxyl groups is 1. The van der Waals surface area contributed by atoms with E-state index in [1.807, 2.05) is 0 Å². The van der Waals surface area contributed by atoms with Gasteiger partial charge in [0.2, 0.25) is 0 Å². The Morgan fingerprint density at radius 1 is 0.565 bits per heavy atom. The van der Waals surface area contributed by atoms with E-state index in [9.17, 15) is 0 Å². The first-order valence-corrected chi connectivity index (χ1v) is 10.7. The number of hydrogen-bond acceptors (Lipinski definition) is 2. The van der Waals surface area contributed by atoms with Crippen LogP contribution in [-0.2, 0) is 0 Å². The molecule has 0 fully saturated rings. The van der Waals surface area contributed by atoms with Crippen molar-refractivity contribution in [3.05, 3.63) is 0 Å². The predicted octanol–water partition coefficient (Wildman–Crippen LogP) is 6.70. The Kier molecular flexibility index (Phi) is 20.4. The molecule has 0 aromatic heterocycles. The van der Waals surface area contributed by atoms with Gasteiger partial charge >= 0.3 is 0 Å². The molecule has 0 rings (SSSR count). The number of aliphatic hydroxyl groups excluding tert-OH is 1. The number of nitrogens with zero attached hydrogens (tertiary/aromatic N) is 1. The molecule has 0 amide bonds. The lowest BCUT2D eigenvalue weighted by atomic mass is 10.0. The van der Waals surface area contributed by atoms with Crippen molar-refractivity contribution in [2.45, 2.75) is 110 Å². The van der Waals surface area contributed by atoms with E-state index in [0.29, 0.717) is 6.54 Å². The van der Waals surface area contributed by atoms with Crippen LogP contribution in [0.3, 0.4) is 0 Å². The molecule has 0 heterocycles. The van der Waals surface area contributed by atoms with E-state index in [-0.39, 0.29) is 6.61 Å². The second-order valence-electron chi connectivity index (χ2n) is 6.94. The van der Waals surface area contributed by atoms with Gasteiger partial charge in [-0.25, -0.2) is 4.42 Å². The summed E-state index contributed by atoms with van der Waals surface area (Å²) in [5.74, 6) is 0. The van der Waals surface area contributed by atoms with Gasteiger partial charge in [-0.2, -0.15) is 0 Å². The van der Waals surface area contributed by atoms with Crippen LogP contribution in [0.15, 0.2) is 0 Å². The Bertz CT molecular complexity index is 214. The molecule has 0 spiro atoms. The summed E-state index contributed by atoms with van der Waals surface area (Å²) in [5.41, 5.74) is 0. The molecular weight excluding hydrogens is 306 g/mol. The van der Waals surface area contributed by atoms with Crippen molar-refractivity contribution < 1.29 is 5.11 Å². The maximum atomic E-state index is 8.75. The normalized spacial score (nSPS) is 11.5. The Balaban J connectivity index is 3.00. The third-order valence-electron chi connectivity index (χ3n) is 4.60. The summed E-state index contributed by atoms with van der Waals surface area (Å²) in [6.07, 6.45) is 22.3. The second-order valence-corrected chi connectivity index (χ2v) is 7.41. The fourth-order valence-corrected chi connectivity index (χ4v) is 3.25. The van der Waals surface area contributed by atoms with Crippen LogP contribution < -0.4 is 0 Å². The average molecular weight is 348 g/mol. The SMILES string of the molecule is CCCCCCCCCCCCCCCCCCN(Cl)CCO. The molecule has 0 aliphatic rings. The molecule has 0 aromatic carbocycles. The van der Waals surface area contributed by atoms with Crippen LogP contribution in [0.5, 0.6) is 0 Å². The van der Waals surface area contributed by atoms with E-state index < -0.39 is 0 Å². The monoisotopic (exact) mass is 347 g/mol. The molecule has 3 heteroatoms. The molecule has 0 saturated carbocycles. The Labute approximate surface area is 151 Å². The zero-order valence-corrected chi connectivity index (χ0v) is 16.5. The Hall–Kier alpha value is 0.210. The van der Waals surface area contributed by atoms with Crippen LogP contribution in [0, 0.1) is 0 Å². The first-order valence-electron chi connectivity index (χ1n) is 10.3. The topological polar surface area (TPSA) is 23.5 Å². The maximum Gasteiger partial charge on any atom is 0.0571 e. The van der Waals surface area contributed by atoms with Crippen molar-refractivity contribution in [1.29, 1.82) is 0 Å². The van der Waals surface area contributed by atoms with Gasteiger partial charge in [0.1, 0.15) is 0 Å². The van der Waals surface area contributed by atoms with Gasteiger partial charge in [-0.1, -0.05) is 103 Å². The molecule has 0 bridgehead atoms. The highest BCUT2D eigenvalue weighted by molar-refractivity contribution is 6.13. The molecule has 0 aliphatic carbocycles. The van der Waals surface area contributed by atoms with Gasteiger partial charge in [-0.3, -0.25) is 0 Å². The first-order chi connectivity index (χ1) is 11.3. The lowest BCUT2D eigenvalue weighted by molar-refractivity contribution is 0.256. The largest absolute Gasteiger partial charge is 0.395 e. The van der Waals surface area contributed by atoms with Crippen molar-refractivity contribution in [2.75, 3.05) is 19.7 Å². The number of unbranched alkanes of at least 4 members (excludes halogenated alkanes) is 15. The summed E-state index contributed by atoms with van der Waals surface area (Å²) < 4.78 is 1.70. The molecular formula is C20H42ClNO. The molecule has 0 saturated heterocycles. The van der Waals surface area contributed by atoms with Gasteiger partial charge < -0.3 is 5.11 Å². The highest BCUT2D eigenvalue weighted by Crippen LogP contribution is 2.13. The molecule has 0 aliphatic heterocycles. The lowest BCUT2D eigenvalue weighted by Crippen LogP contribution is -2.17. The minimum Gasteiger partial charge on any atom is -0.395 e. The summed E-state index contributed by atoms with van der Waals surface area (Å²) in [4.78, 5) is 0. The van der Waals surface area contributed by atoms with Crippen molar-refractivity contribution in [1.82, 2.24) is 4.42 Å². The maximum absolute atomic E-state index is 8.75. The van der Waals surface area contributed by atoms with Crippen LogP contribution in [0.2, 0.25) is 0 Å². The van der Waals surface area contributed by atoms with Gasteiger partial charge in [0.05, 0.1) is 6.61 Å². The Morgan fingerprint density at radius 2 is 0.913 bits per heavy atom. The highest BCUT2D eigenvalue weighted by atomic mass is 35.5. The number of halogens is 1. The average Bonchev–Trinajstić information content (AvgIpc) is 2.54. The fourth-order valence-electron chi connectivity index (χ4n) is 3.05. The minimum atomic E-state index is 0.155. The molecule has 2 nitrogen and oxygen atoms in total.